The second-order valence-electron chi connectivity index (χ2n) is 6.11. The Hall–Kier alpha value is -2.68. The van der Waals surface area contributed by atoms with Crippen LogP contribution in [0.25, 0.3) is 0 Å². The first-order valence-corrected chi connectivity index (χ1v) is 8.27. The minimum absolute atomic E-state index is 0.000618. The molecule has 0 spiro atoms. The summed E-state index contributed by atoms with van der Waals surface area (Å²) in [6, 6.07) is 3.32. The predicted octanol–water partition coefficient (Wildman–Crippen LogP) is 1.40. The highest BCUT2D eigenvalue weighted by molar-refractivity contribution is 5.92. The van der Waals surface area contributed by atoms with E-state index < -0.39 is 11.8 Å². The maximum absolute atomic E-state index is 13.8. The SMILES string of the molecule is COCCN1C[C@@H](CNC(=O)Nc2cc(NC(C)=O)ccc2F)CC1=O. The van der Waals surface area contributed by atoms with Crippen LogP contribution in [-0.4, -0.2) is 56.1 Å². The summed E-state index contributed by atoms with van der Waals surface area (Å²) in [6.45, 7) is 3.18. The molecule has 1 aliphatic heterocycles. The molecule has 1 atom stereocenters. The quantitative estimate of drug-likeness (QED) is 0.679. The number of anilines is 2. The molecule has 0 aliphatic carbocycles. The molecule has 1 aliphatic rings. The molecule has 0 bridgehead atoms. The number of urea groups is 1. The summed E-state index contributed by atoms with van der Waals surface area (Å²) in [7, 11) is 1.57. The molecular weight excluding hydrogens is 343 g/mol. The minimum atomic E-state index is -0.615. The van der Waals surface area contributed by atoms with Crippen molar-refractivity contribution >= 4 is 29.2 Å². The molecule has 0 aromatic heterocycles. The highest BCUT2D eigenvalue weighted by Crippen LogP contribution is 2.20. The zero-order valence-corrected chi connectivity index (χ0v) is 14.8. The topological polar surface area (TPSA) is 99.8 Å². The number of ether oxygens (including phenoxy) is 1. The molecule has 0 radical (unpaired) electrons. The first-order chi connectivity index (χ1) is 12.4. The van der Waals surface area contributed by atoms with Gasteiger partial charge in [-0.1, -0.05) is 0 Å². The van der Waals surface area contributed by atoms with Crippen LogP contribution in [0.2, 0.25) is 0 Å². The number of likely N-dealkylation sites (tertiary alicyclic amines) is 1. The van der Waals surface area contributed by atoms with Crippen LogP contribution in [0.3, 0.4) is 0 Å². The average Bonchev–Trinajstić information content (AvgIpc) is 2.93. The van der Waals surface area contributed by atoms with E-state index in [9.17, 15) is 18.8 Å². The number of carbonyl (C=O) groups excluding carboxylic acids is 3. The Morgan fingerprint density at radius 3 is 2.81 bits per heavy atom. The van der Waals surface area contributed by atoms with Gasteiger partial charge in [-0.3, -0.25) is 9.59 Å². The van der Waals surface area contributed by atoms with Gasteiger partial charge >= 0.3 is 6.03 Å². The molecule has 1 aromatic carbocycles. The fourth-order valence-electron chi connectivity index (χ4n) is 2.71. The van der Waals surface area contributed by atoms with Crippen molar-refractivity contribution in [3.8, 4) is 0 Å². The summed E-state index contributed by atoms with van der Waals surface area (Å²) < 4.78 is 18.8. The molecule has 4 amide bonds. The van der Waals surface area contributed by atoms with Gasteiger partial charge in [0.15, 0.2) is 0 Å². The monoisotopic (exact) mass is 366 g/mol. The van der Waals surface area contributed by atoms with Crippen LogP contribution in [0, 0.1) is 11.7 Å². The van der Waals surface area contributed by atoms with Crippen LogP contribution in [0.4, 0.5) is 20.6 Å². The lowest BCUT2D eigenvalue weighted by Crippen LogP contribution is -2.35. The van der Waals surface area contributed by atoms with E-state index in [0.29, 0.717) is 38.3 Å². The number of halogens is 1. The van der Waals surface area contributed by atoms with Gasteiger partial charge in [-0.25, -0.2) is 9.18 Å². The third-order valence-electron chi connectivity index (χ3n) is 3.95. The number of rotatable bonds is 7. The molecule has 1 aromatic rings. The molecule has 9 heteroatoms. The first kappa shape index (κ1) is 19.6. The molecule has 142 valence electrons. The maximum atomic E-state index is 13.8. The van der Waals surface area contributed by atoms with Gasteiger partial charge in [0.25, 0.3) is 0 Å². The number of benzene rings is 1. The van der Waals surface area contributed by atoms with E-state index in [-0.39, 0.29) is 23.4 Å². The molecule has 3 N–H and O–H groups in total. The Labute approximate surface area is 151 Å². The van der Waals surface area contributed by atoms with E-state index in [1.807, 2.05) is 0 Å². The summed E-state index contributed by atoms with van der Waals surface area (Å²) >= 11 is 0. The molecule has 2 rings (SSSR count). The van der Waals surface area contributed by atoms with Gasteiger partial charge < -0.3 is 25.6 Å². The maximum Gasteiger partial charge on any atom is 0.319 e. The largest absolute Gasteiger partial charge is 0.383 e. The second-order valence-corrected chi connectivity index (χ2v) is 6.11. The zero-order valence-electron chi connectivity index (χ0n) is 14.8. The standard InChI is InChI=1S/C17H23FN4O4/c1-11(23)20-13-3-4-14(18)15(8-13)21-17(25)19-9-12-7-16(24)22(10-12)5-6-26-2/h3-4,8,12H,5-7,9-10H2,1-2H3,(H,20,23)(H2,19,21,25)/t12-/m1/s1. The smallest absolute Gasteiger partial charge is 0.319 e. The van der Waals surface area contributed by atoms with Crippen LogP contribution in [0.1, 0.15) is 13.3 Å². The molecule has 1 heterocycles. The molecule has 8 nitrogen and oxygen atoms in total. The summed E-state index contributed by atoms with van der Waals surface area (Å²) in [5.41, 5.74) is 0.336. The molecule has 1 saturated heterocycles. The summed E-state index contributed by atoms with van der Waals surface area (Å²) in [5.74, 6) is -0.879. The van der Waals surface area contributed by atoms with Gasteiger partial charge in [0.2, 0.25) is 11.8 Å². The lowest BCUT2D eigenvalue weighted by atomic mass is 10.1. The third kappa shape index (κ3) is 5.69. The van der Waals surface area contributed by atoms with Crippen molar-refractivity contribution in [3.05, 3.63) is 24.0 Å². The van der Waals surface area contributed by atoms with Gasteiger partial charge in [0.05, 0.1) is 12.3 Å². The van der Waals surface area contributed by atoms with Gasteiger partial charge in [0.1, 0.15) is 5.82 Å². The lowest BCUT2D eigenvalue weighted by molar-refractivity contribution is -0.128. The Bertz CT molecular complexity index is 683. The summed E-state index contributed by atoms with van der Waals surface area (Å²) in [6.07, 6.45) is 0.358. The van der Waals surface area contributed by atoms with Crippen molar-refractivity contribution in [2.75, 3.05) is 44.0 Å². The average molecular weight is 366 g/mol. The van der Waals surface area contributed by atoms with Crippen LogP contribution >= 0.6 is 0 Å². The van der Waals surface area contributed by atoms with Crippen LogP contribution < -0.4 is 16.0 Å². The van der Waals surface area contributed by atoms with E-state index in [2.05, 4.69) is 16.0 Å². The number of carbonyl (C=O) groups is 3. The number of hydrogen-bond acceptors (Lipinski definition) is 4. The Morgan fingerprint density at radius 2 is 2.12 bits per heavy atom. The second kappa shape index (κ2) is 9.14. The van der Waals surface area contributed by atoms with E-state index in [1.54, 1.807) is 12.0 Å². The highest BCUT2D eigenvalue weighted by atomic mass is 19.1. The first-order valence-electron chi connectivity index (χ1n) is 8.27. The normalized spacial score (nSPS) is 16.5. The lowest BCUT2D eigenvalue weighted by Gasteiger charge is -2.16. The molecule has 1 fully saturated rings. The number of amides is 4. The molecule has 0 unspecified atom stereocenters. The van der Waals surface area contributed by atoms with E-state index >= 15 is 0 Å². The van der Waals surface area contributed by atoms with Crippen molar-refractivity contribution < 1.29 is 23.5 Å². The highest BCUT2D eigenvalue weighted by Gasteiger charge is 2.29. The van der Waals surface area contributed by atoms with Crippen molar-refractivity contribution in [1.82, 2.24) is 10.2 Å². The number of methoxy groups -OCH3 is 1. The Balaban J connectivity index is 1.84. The van der Waals surface area contributed by atoms with Gasteiger partial charge in [-0.05, 0) is 18.2 Å². The Morgan fingerprint density at radius 1 is 1.35 bits per heavy atom. The van der Waals surface area contributed by atoms with E-state index in [4.69, 9.17) is 4.74 Å². The molecule has 0 saturated carbocycles. The number of hydrogen-bond donors (Lipinski definition) is 3. The van der Waals surface area contributed by atoms with Crippen LogP contribution in [0.5, 0.6) is 0 Å². The third-order valence-corrected chi connectivity index (χ3v) is 3.95. The minimum Gasteiger partial charge on any atom is -0.383 e. The van der Waals surface area contributed by atoms with Crippen LogP contribution in [-0.2, 0) is 14.3 Å². The van der Waals surface area contributed by atoms with Crippen LogP contribution in [0.15, 0.2) is 18.2 Å². The fourth-order valence-corrected chi connectivity index (χ4v) is 2.71. The van der Waals surface area contributed by atoms with Crippen molar-refractivity contribution in [3.63, 3.8) is 0 Å². The summed E-state index contributed by atoms with van der Waals surface area (Å²) in [4.78, 5) is 36.6. The number of nitrogens with zero attached hydrogens (tertiary/aromatic N) is 1. The summed E-state index contributed by atoms with van der Waals surface area (Å²) in [5, 5.41) is 7.57. The predicted molar refractivity (Wildman–Crippen MR) is 94.3 cm³/mol. The fraction of sp³-hybridized carbons (Fsp3) is 0.471. The van der Waals surface area contributed by atoms with Gasteiger partial charge in [-0.2, -0.15) is 0 Å². The van der Waals surface area contributed by atoms with Crippen molar-refractivity contribution in [1.29, 1.82) is 0 Å². The number of nitrogens with one attached hydrogen (secondary N) is 3. The Kier molecular flexibility index (Phi) is 6.90. The molecular formula is C17H23FN4O4. The van der Waals surface area contributed by atoms with E-state index in [1.165, 1.54) is 19.1 Å². The van der Waals surface area contributed by atoms with Crippen molar-refractivity contribution in [2.45, 2.75) is 13.3 Å². The van der Waals surface area contributed by atoms with Crippen molar-refractivity contribution in [2.24, 2.45) is 5.92 Å². The zero-order chi connectivity index (χ0) is 19.1. The van der Waals surface area contributed by atoms with Gasteiger partial charge in [0, 0.05) is 51.7 Å². The van der Waals surface area contributed by atoms with E-state index in [0.717, 1.165) is 6.07 Å². The van der Waals surface area contributed by atoms with Gasteiger partial charge in [-0.15, -0.1) is 0 Å². The molecule has 26 heavy (non-hydrogen) atoms.